The number of hydrogen-bond donors (Lipinski definition) is 1. The predicted molar refractivity (Wildman–Crippen MR) is 102 cm³/mol. The third-order valence-corrected chi connectivity index (χ3v) is 5.00. The minimum atomic E-state index is -0.298. The maximum Gasteiger partial charge on any atom is 0.261 e. The second kappa shape index (κ2) is 8.01. The molecular weight excluding hydrogens is 420 g/mol. The standard InChI is InChI=1S/C19H16BrClN2O3/c20-13-8-7-12(16(21)10-13)11-22-17(24)6-3-9-23-18(25)14-4-1-2-5-15(14)19(23)26/h1-2,4-5,7-8,10H,3,6,9,11H2,(H,22,24). The molecule has 2 aromatic rings. The van der Waals surface area contributed by atoms with Crippen LogP contribution in [0, 0.1) is 0 Å². The van der Waals surface area contributed by atoms with Gasteiger partial charge in [0, 0.05) is 29.0 Å². The fourth-order valence-corrected chi connectivity index (χ4v) is 3.53. The number of halogens is 2. The van der Waals surface area contributed by atoms with Crippen LogP contribution in [0.3, 0.4) is 0 Å². The maximum atomic E-state index is 12.2. The van der Waals surface area contributed by atoms with Gasteiger partial charge < -0.3 is 5.32 Å². The Bertz CT molecular complexity index is 850. The third-order valence-electron chi connectivity index (χ3n) is 4.15. The van der Waals surface area contributed by atoms with E-state index in [0.29, 0.717) is 29.1 Å². The average Bonchev–Trinajstić information content (AvgIpc) is 2.86. The second-order valence-electron chi connectivity index (χ2n) is 5.92. The van der Waals surface area contributed by atoms with Crippen LogP contribution >= 0.6 is 27.5 Å². The molecule has 3 rings (SSSR count). The molecule has 0 atom stereocenters. The molecule has 0 saturated heterocycles. The number of fused-ring (bicyclic) bond motifs is 1. The maximum absolute atomic E-state index is 12.2. The van der Waals surface area contributed by atoms with Crippen molar-refractivity contribution in [2.75, 3.05) is 6.54 Å². The van der Waals surface area contributed by atoms with E-state index < -0.39 is 0 Å². The summed E-state index contributed by atoms with van der Waals surface area (Å²) in [6.45, 7) is 0.552. The van der Waals surface area contributed by atoms with Gasteiger partial charge in [0.1, 0.15) is 0 Å². The van der Waals surface area contributed by atoms with Gasteiger partial charge in [0.15, 0.2) is 0 Å². The lowest BCUT2D eigenvalue weighted by molar-refractivity contribution is -0.121. The summed E-state index contributed by atoms with van der Waals surface area (Å²) in [5, 5.41) is 3.37. The molecule has 0 bridgehead atoms. The monoisotopic (exact) mass is 434 g/mol. The molecule has 26 heavy (non-hydrogen) atoms. The van der Waals surface area contributed by atoms with Crippen LogP contribution in [0.5, 0.6) is 0 Å². The van der Waals surface area contributed by atoms with Crippen LogP contribution in [-0.4, -0.2) is 29.2 Å². The van der Waals surface area contributed by atoms with Crippen molar-refractivity contribution in [1.82, 2.24) is 10.2 Å². The van der Waals surface area contributed by atoms with Crippen LogP contribution in [0.1, 0.15) is 39.1 Å². The summed E-state index contributed by atoms with van der Waals surface area (Å²) in [6, 6.07) is 12.2. The number of nitrogens with zero attached hydrogens (tertiary/aromatic N) is 1. The van der Waals surface area contributed by atoms with Gasteiger partial charge in [-0.3, -0.25) is 19.3 Å². The predicted octanol–water partition coefficient (Wildman–Crippen LogP) is 3.80. The van der Waals surface area contributed by atoms with Crippen molar-refractivity contribution in [3.05, 3.63) is 68.7 Å². The zero-order chi connectivity index (χ0) is 18.7. The first-order chi connectivity index (χ1) is 12.5. The number of amides is 3. The van der Waals surface area contributed by atoms with E-state index in [-0.39, 0.29) is 30.7 Å². The summed E-state index contributed by atoms with van der Waals surface area (Å²) < 4.78 is 0.874. The van der Waals surface area contributed by atoms with Crippen LogP contribution in [-0.2, 0) is 11.3 Å². The summed E-state index contributed by atoms with van der Waals surface area (Å²) in [4.78, 5) is 37.7. The number of hydrogen-bond acceptors (Lipinski definition) is 3. The summed E-state index contributed by atoms with van der Waals surface area (Å²) in [5.41, 5.74) is 1.67. The zero-order valence-corrected chi connectivity index (χ0v) is 16.1. The first-order valence-electron chi connectivity index (χ1n) is 8.13. The number of nitrogens with one attached hydrogen (secondary N) is 1. The zero-order valence-electron chi connectivity index (χ0n) is 13.8. The Morgan fingerprint density at radius 3 is 2.35 bits per heavy atom. The van der Waals surface area contributed by atoms with Crippen LogP contribution < -0.4 is 5.32 Å². The second-order valence-corrected chi connectivity index (χ2v) is 7.25. The van der Waals surface area contributed by atoms with Gasteiger partial charge in [-0.1, -0.05) is 45.7 Å². The molecular formula is C19H16BrClN2O3. The molecule has 5 nitrogen and oxygen atoms in total. The van der Waals surface area contributed by atoms with Crippen LogP contribution in [0.15, 0.2) is 46.9 Å². The molecule has 3 amide bonds. The Hall–Kier alpha value is -2.18. The number of carbonyl (C=O) groups is 3. The number of imide groups is 1. The normalized spacial score (nSPS) is 13.1. The highest BCUT2D eigenvalue weighted by atomic mass is 79.9. The number of benzene rings is 2. The van der Waals surface area contributed by atoms with Crippen molar-refractivity contribution in [2.45, 2.75) is 19.4 Å². The highest BCUT2D eigenvalue weighted by Crippen LogP contribution is 2.23. The summed E-state index contributed by atoms with van der Waals surface area (Å²) >= 11 is 9.45. The molecule has 0 aliphatic carbocycles. The van der Waals surface area contributed by atoms with E-state index in [2.05, 4.69) is 21.2 Å². The summed E-state index contributed by atoms with van der Waals surface area (Å²) in [7, 11) is 0. The first kappa shape index (κ1) is 18.6. The van der Waals surface area contributed by atoms with Gasteiger partial charge in [-0.05, 0) is 36.2 Å². The van der Waals surface area contributed by atoms with Crippen LogP contribution in [0.4, 0.5) is 0 Å². The molecule has 1 heterocycles. The van der Waals surface area contributed by atoms with Crippen molar-refractivity contribution in [1.29, 1.82) is 0 Å². The molecule has 0 saturated carbocycles. The molecule has 1 N–H and O–H groups in total. The molecule has 0 unspecified atom stereocenters. The number of rotatable bonds is 6. The van der Waals surface area contributed by atoms with E-state index >= 15 is 0 Å². The van der Waals surface area contributed by atoms with E-state index in [0.717, 1.165) is 10.0 Å². The topological polar surface area (TPSA) is 66.5 Å². The summed E-state index contributed by atoms with van der Waals surface area (Å²) in [5.74, 6) is -0.749. The van der Waals surface area contributed by atoms with Gasteiger partial charge in [-0.15, -0.1) is 0 Å². The molecule has 1 aliphatic rings. The molecule has 0 radical (unpaired) electrons. The lowest BCUT2D eigenvalue weighted by Crippen LogP contribution is -2.32. The Kier molecular flexibility index (Phi) is 5.74. The molecule has 2 aromatic carbocycles. The van der Waals surface area contributed by atoms with Crippen LogP contribution in [0.25, 0.3) is 0 Å². The fourth-order valence-electron chi connectivity index (χ4n) is 2.79. The molecule has 0 aromatic heterocycles. The minimum Gasteiger partial charge on any atom is -0.352 e. The Labute approximate surface area is 164 Å². The average molecular weight is 436 g/mol. The Balaban J connectivity index is 1.47. The van der Waals surface area contributed by atoms with Crippen molar-refractivity contribution in [3.63, 3.8) is 0 Å². The van der Waals surface area contributed by atoms with Gasteiger partial charge in [0.2, 0.25) is 5.91 Å². The van der Waals surface area contributed by atoms with E-state index in [4.69, 9.17) is 11.6 Å². The van der Waals surface area contributed by atoms with Crippen molar-refractivity contribution in [2.24, 2.45) is 0 Å². The van der Waals surface area contributed by atoms with E-state index in [1.54, 1.807) is 30.3 Å². The highest BCUT2D eigenvalue weighted by molar-refractivity contribution is 9.10. The first-order valence-corrected chi connectivity index (χ1v) is 9.30. The van der Waals surface area contributed by atoms with Crippen molar-refractivity contribution in [3.8, 4) is 0 Å². The third kappa shape index (κ3) is 3.97. The Morgan fingerprint density at radius 2 is 1.73 bits per heavy atom. The van der Waals surface area contributed by atoms with E-state index in [1.807, 2.05) is 12.1 Å². The lowest BCUT2D eigenvalue weighted by atomic mass is 10.1. The smallest absolute Gasteiger partial charge is 0.261 e. The summed E-state index contributed by atoms with van der Waals surface area (Å²) in [6.07, 6.45) is 0.632. The quantitative estimate of drug-likeness (QED) is 0.702. The number of carbonyl (C=O) groups excluding carboxylic acids is 3. The van der Waals surface area contributed by atoms with Crippen molar-refractivity contribution < 1.29 is 14.4 Å². The lowest BCUT2D eigenvalue weighted by Gasteiger charge is -2.13. The van der Waals surface area contributed by atoms with E-state index in [9.17, 15) is 14.4 Å². The SMILES string of the molecule is O=C(CCCN1C(=O)c2ccccc2C1=O)NCc1ccc(Br)cc1Cl. The van der Waals surface area contributed by atoms with E-state index in [1.165, 1.54) is 4.90 Å². The van der Waals surface area contributed by atoms with Crippen LogP contribution in [0.2, 0.25) is 5.02 Å². The van der Waals surface area contributed by atoms with Gasteiger partial charge in [-0.2, -0.15) is 0 Å². The Morgan fingerprint density at radius 1 is 1.08 bits per heavy atom. The molecule has 0 spiro atoms. The van der Waals surface area contributed by atoms with Gasteiger partial charge in [-0.25, -0.2) is 0 Å². The minimum absolute atomic E-state index is 0.152. The molecule has 0 fully saturated rings. The van der Waals surface area contributed by atoms with Gasteiger partial charge >= 0.3 is 0 Å². The molecule has 134 valence electrons. The molecule has 1 aliphatic heterocycles. The highest BCUT2D eigenvalue weighted by Gasteiger charge is 2.34. The fraction of sp³-hybridized carbons (Fsp3) is 0.211. The van der Waals surface area contributed by atoms with Gasteiger partial charge in [0.25, 0.3) is 11.8 Å². The van der Waals surface area contributed by atoms with Gasteiger partial charge in [0.05, 0.1) is 11.1 Å². The molecule has 7 heteroatoms. The van der Waals surface area contributed by atoms with Crippen molar-refractivity contribution >= 4 is 45.3 Å². The largest absolute Gasteiger partial charge is 0.352 e.